The lowest BCUT2D eigenvalue weighted by Crippen LogP contribution is -2.49. The lowest BCUT2D eigenvalue weighted by atomic mass is 10.1. The molecule has 1 aliphatic rings. The number of aryl methyl sites for hydroxylation is 1. The summed E-state index contributed by atoms with van der Waals surface area (Å²) in [6, 6.07) is 8.14. The Morgan fingerprint density at radius 3 is 2.61 bits per heavy atom. The van der Waals surface area contributed by atoms with Crippen molar-refractivity contribution in [1.82, 2.24) is 19.8 Å². The maximum atomic E-state index is 12.9. The molecule has 0 aliphatic carbocycles. The van der Waals surface area contributed by atoms with Crippen LogP contribution in [0.3, 0.4) is 0 Å². The summed E-state index contributed by atoms with van der Waals surface area (Å²) in [6.45, 7) is 9.01. The fraction of sp³-hybridized carbons (Fsp3) is 0.476. The van der Waals surface area contributed by atoms with Gasteiger partial charge in [-0.05, 0) is 45.1 Å². The molecule has 2 aromatic rings. The van der Waals surface area contributed by atoms with Gasteiger partial charge in [0, 0.05) is 51.0 Å². The van der Waals surface area contributed by atoms with Gasteiger partial charge in [-0.15, -0.1) is 0 Å². The first-order valence-corrected chi connectivity index (χ1v) is 9.77. The highest BCUT2D eigenvalue weighted by atomic mass is 16.2. The van der Waals surface area contributed by atoms with E-state index in [0.717, 1.165) is 26.2 Å². The molecule has 3 rings (SSSR count). The first-order valence-electron chi connectivity index (χ1n) is 9.77. The monoisotopic (exact) mass is 382 g/mol. The number of carbonyl (C=O) groups excluding carboxylic acids is 1. The summed E-state index contributed by atoms with van der Waals surface area (Å²) >= 11 is 0. The number of carbonyl (C=O) groups is 1. The molecule has 1 amide bonds. The van der Waals surface area contributed by atoms with Crippen molar-refractivity contribution in [3.63, 3.8) is 0 Å². The van der Waals surface area contributed by atoms with Crippen LogP contribution in [0.4, 0.5) is 11.5 Å². The third-order valence-electron chi connectivity index (χ3n) is 5.23. The average Bonchev–Trinajstić information content (AvgIpc) is 2.70. The normalized spacial score (nSPS) is 14.5. The van der Waals surface area contributed by atoms with Gasteiger partial charge in [-0.1, -0.05) is 12.1 Å². The zero-order chi connectivity index (χ0) is 20.1. The number of rotatable bonds is 6. The molecular formula is C21H30N6O. The van der Waals surface area contributed by atoms with E-state index >= 15 is 0 Å². The molecule has 0 saturated carbocycles. The summed E-state index contributed by atoms with van der Waals surface area (Å²) in [5, 5.41) is 3.24. The Morgan fingerprint density at radius 2 is 1.89 bits per heavy atom. The molecule has 0 bridgehead atoms. The van der Waals surface area contributed by atoms with E-state index in [0.29, 0.717) is 24.6 Å². The summed E-state index contributed by atoms with van der Waals surface area (Å²) in [7, 11) is 4.04. The van der Waals surface area contributed by atoms with Crippen LogP contribution in [0.15, 0.2) is 30.6 Å². The van der Waals surface area contributed by atoms with Crippen molar-refractivity contribution >= 4 is 17.4 Å². The maximum Gasteiger partial charge on any atom is 0.272 e. The summed E-state index contributed by atoms with van der Waals surface area (Å²) in [5.74, 6) is 0.660. The standard InChI is InChI=1S/C21H30N6O/c1-16-6-5-7-19(17(16)2)26-10-12-27(13-11-26)21(28)18-14-20(24-15-23-18)22-8-9-25(3)4/h5-7,14-15H,8-13H2,1-4H3,(H,22,23,24). The van der Waals surface area contributed by atoms with Gasteiger partial charge in [0.25, 0.3) is 5.91 Å². The fourth-order valence-electron chi connectivity index (χ4n) is 3.37. The largest absolute Gasteiger partial charge is 0.369 e. The van der Waals surface area contributed by atoms with Crippen LogP contribution in [0.25, 0.3) is 0 Å². The van der Waals surface area contributed by atoms with Crippen molar-refractivity contribution in [2.75, 3.05) is 63.6 Å². The molecular weight excluding hydrogens is 352 g/mol. The number of aromatic nitrogens is 2. The summed E-state index contributed by atoms with van der Waals surface area (Å²) in [5.41, 5.74) is 4.32. The number of hydrogen-bond acceptors (Lipinski definition) is 6. The Labute approximate surface area is 167 Å². The van der Waals surface area contributed by atoms with E-state index in [2.05, 4.69) is 57.1 Å². The molecule has 150 valence electrons. The van der Waals surface area contributed by atoms with Crippen molar-refractivity contribution in [2.45, 2.75) is 13.8 Å². The molecule has 1 aromatic heterocycles. The van der Waals surface area contributed by atoms with Crippen LogP contribution in [0.5, 0.6) is 0 Å². The van der Waals surface area contributed by atoms with Crippen molar-refractivity contribution in [1.29, 1.82) is 0 Å². The SMILES string of the molecule is Cc1cccc(N2CCN(C(=O)c3cc(NCCN(C)C)ncn3)CC2)c1C. The second kappa shape index (κ2) is 9.01. The number of piperazine rings is 1. The molecule has 7 nitrogen and oxygen atoms in total. The predicted octanol–water partition coefficient (Wildman–Crippen LogP) is 2.03. The van der Waals surface area contributed by atoms with Gasteiger partial charge in [-0.2, -0.15) is 0 Å². The van der Waals surface area contributed by atoms with E-state index in [-0.39, 0.29) is 5.91 Å². The van der Waals surface area contributed by atoms with Gasteiger partial charge in [0.2, 0.25) is 0 Å². The molecule has 1 fully saturated rings. The van der Waals surface area contributed by atoms with Gasteiger partial charge < -0.3 is 20.0 Å². The first kappa shape index (κ1) is 20.1. The minimum absolute atomic E-state index is 0.0290. The Morgan fingerprint density at radius 1 is 1.14 bits per heavy atom. The quantitative estimate of drug-likeness (QED) is 0.825. The number of nitrogens with zero attached hydrogens (tertiary/aromatic N) is 5. The van der Waals surface area contributed by atoms with Crippen LogP contribution >= 0.6 is 0 Å². The molecule has 0 unspecified atom stereocenters. The van der Waals surface area contributed by atoms with E-state index in [4.69, 9.17) is 0 Å². The van der Waals surface area contributed by atoms with Crippen LogP contribution in [-0.4, -0.2) is 79.0 Å². The molecule has 1 aliphatic heterocycles. The molecule has 0 atom stereocenters. The highest BCUT2D eigenvalue weighted by molar-refractivity contribution is 5.93. The maximum absolute atomic E-state index is 12.9. The van der Waals surface area contributed by atoms with Gasteiger partial charge in [0.05, 0.1) is 0 Å². The van der Waals surface area contributed by atoms with E-state index in [1.165, 1.54) is 23.1 Å². The molecule has 1 aromatic carbocycles. The Balaban J connectivity index is 1.60. The van der Waals surface area contributed by atoms with Crippen LogP contribution in [0.1, 0.15) is 21.6 Å². The second-order valence-corrected chi connectivity index (χ2v) is 7.52. The van der Waals surface area contributed by atoms with Crippen molar-refractivity contribution in [3.8, 4) is 0 Å². The molecule has 1 N–H and O–H groups in total. The zero-order valence-corrected chi connectivity index (χ0v) is 17.3. The third-order valence-corrected chi connectivity index (χ3v) is 5.23. The lowest BCUT2D eigenvalue weighted by Gasteiger charge is -2.37. The fourth-order valence-corrected chi connectivity index (χ4v) is 3.37. The highest BCUT2D eigenvalue weighted by Gasteiger charge is 2.24. The third kappa shape index (κ3) is 4.78. The second-order valence-electron chi connectivity index (χ2n) is 7.52. The summed E-state index contributed by atoms with van der Waals surface area (Å²) in [4.78, 5) is 27.6. The van der Waals surface area contributed by atoms with Gasteiger partial charge >= 0.3 is 0 Å². The molecule has 0 radical (unpaired) electrons. The van der Waals surface area contributed by atoms with Crippen LogP contribution < -0.4 is 10.2 Å². The van der Waals surface area contributed by atoms with Crippen molar-refractivity contribution in [2.24, 2.45) is 0 Å². The average molecular weight is 383 g/mol. The van der Waals surface area contributed by atoms with Gasteiger partial charge in [-0.3, -0.25) is 4.79 Å². The Kier molecular flexibility index (Phi) is 6.46. The van der Waals surface area contributed by atoms with Crippen molar-refractivity contribution in [3.05, 3.63) is 47.4 Å². The number of amides is 1. The number of anilines is 2. The van der Waals surface area contributed by atoms with Crippen molar-refractivity contribution < 1.29 is 4.79 Å². The topological polar surface area (TPSA) is 64.6 Å². The number of likely N-dealkylation sites (N-methyl/N-ethyl adjacent to an activating group) is 1. The number of benzene rings is 1. The molecule has 2 heterocycles. The van der Waals surface area contributed by atoms with Crippen LogP contribution in [-0.2, 0) is 0 Å². The van der Waals surface area contributed by atoms with E-state index in [1.807, 2.05) is 19.0 Å². The number of nitrogens with one attached hydrogen (secondary N) is 1. The smallest absolute Gasteiger partial charge is 0.272 e. The molecule has 1 saturated heterocycles. The summed E-state index contributed by atoms with van der Waals surface area (Å²) in [6.07, 6.45) is 1.46. The van der Waals surface area contributed by atoms with Gasteiger partial charge in [0.15, 0.2) is 0 Å². The molecule has 28 heavy (non-hydrogen) atoms. The predicted molar refractivity (Wildman–Crippen MR) is 113 cm³/mol. The first-order chi connectivity index (χ1) is 13.5. The lowest BCUT2D eigenvalue weighted by molar-refractivity contribution is 0.0740. The van der Waals surface area contributed by atoms with Gasteiger partial charge in [0.1, 0.15) is 17.8 Å². The molecule has 7 heteroatoms. The minimum Gasteiger partial charge on any atom is -0.369 e. The zero-order valence-electron chi connectivity index (χ0n) is 17.3. The Bertz CT molecular complexity index is 814. The van der Waals surface area contributed by atoms with E-state index in [1.54, 1.807) is 6.07 Å². The van der Waals surface area contributed by atoms with E-state index < -0.39 is 0 Å². The van der Waals surface area contributed by atoms with E-state index in [9.17, 15) is 4.79 Å². The minimum atomic E-state index is -0.0290. The number of hydrogen-bond donors (Lipinski definition) is 1. The van der Waals surface area contributed by atoms with Crippen LogP contribution in [0.2, 0.25) is 0 Å². The van der Waals surface area contributed by atoms with Crippen LogP contribution in [0, 0.1) is 13.8 Å². The molecule has 0 spiro atoms. The Hall–Kier alpha value is -2.67. The van der Waals surface area contributed by atoms with Gasteiger partial charge in [-0.25, -0.2) is 9.97 Å². The highest BCUT2D eigenvalue weighted by Crippen LogP contribution is 2.24. The summed E-state index contributed by atoms with van der Waals surface area (Å²) < 4.78 is 0.